The second-order valence-corrected chi connectivity index (χ2v) is 3.25. The third kappa shape index (κ3) is 2.44. The summed E-state index contributed by atoms with van der Waals surface area (Å²) in [6, 6.07) is 11.7. The lowest BCUT2D eigenvalue weighted by molar-refractivity contribution is 1.32. The molecular weight excluding hydrogens is 184 g/mol. The first-order valence-corrected chi connectivity index (χ1v) is 4.79. The van der Waals surface area contributed by atoms with Crippen LogP contribution in [0, 0.1) is 0 Å². The average molecular weight is 196 g/mol. The number of nitrogens with two attached hydrogens (primary N) is 1. The molecule has 0 aliphatic rings. The number of pyridine rings is 1. The van der Waals surface area contributed by atoms with E-state index < -0.39 is 0 Å². The molecule has 2 nitrogen and oxygen atoms in total. The van der Waals surface area contributed by atoms with Crippen molar-refractivity contribution in [1.82, 2.24) is 4.98 Å². The van der Waals surface area contributed by atoms with Crippen LogP contribution in [0.2, 0.25) is 0 Å². The molecule has 74 valence electrons. The van der Waals surface area contributed by atoms with Crippen LogP contribution in [-0.2, 0) is 0 Å². The van der Waals surface area contributed by atoms with Crippen LogP contribution >= 0.6 is 0 Å². The molecule has 0 aliphatic heterocycles. The van der Waals surface area contributed by atoms with E-state index in [4.69, 9.17) is 5.73 Å². The minimum absolute atomic E-state index is 0.789. The molecule has 1 aromatic carbocycles. The number of rotatable bonds is 2. The molecule has 2 aromatic rings. The molecule has 1 aromatic heterocycles. The third-order valence-corrected chi connectivity index (χ3v) is 2.14. The molecule has 0 fully saturated rings. The van der Waals surface area contributed by atoms with E-state index in [1.165, 1.54) is 0 Å². The molecule has 0 amide bonds. The van der Waals surface area contributed by atoms with Gasteiger partial charge < -0.3 is 5.73 Å². The van der Waals surface area contributed by atoms with Crippen molar-refractivity contribution in [2.45, 2.75) is 0 Å². The molecule has 0 saturated carbocycles. The SMILES string of the molecule is Nc1ccccc1/C=C\c1cccnc1. The van der Waals surface area contributed by atoms with Crippen LogP contribution < -0.4 is 5.73 Å². The largest absolute Gasteiger partial charge is 0.398 e. The number of para-hydroxylation sites is 1. The lowest BCUT2D eigenvalue weighted by atomic mass is 10.1. The van der Waals surface area contributed by atoms with Gasteiger partial charge in [-0.2, -0.15) is 0 Å². The van der Waals surface area contributed by atoms with Gasteiger partial charge >= 0.3 is 0 Å². The quantitative estimate of drug-likeness (QED) is 0.750. The predicted octanol–water partition coefficient (Wildman–Crippen LogP) is 2.83. The summed E-state index contributed by atoms with van der Waals surface area (Å²) < 4.78 is 0. The molecule has 1 heterocycles. The summed E-state index contributed by atoms with van der Waals surface area (Å²) in [6.07, 6.45) is 7.56. The van der Waals surface area contributed by atoms with Crippen LogP contribution in [0.4, 0.5) is 5.69 Å². The highest BCUT2D eigenvalue weighted by Gasteiger charge is 1.91. The minimum Gasteiger partial charge on any atom is -0.398 e. The van der Waals surface area contributed by atoms with Crippen LogP contribution in [-0.4, -0.2) is 4.98 Å². The minimum atomic E-state index is 0.789. The average Bonchev–Trinajstić information content (AvgIpc) is 2.29. The van der Waals surface area contributed by atoms with Crippen molar-refractivity contribution in [3.8, 4) is 0 Å². The molecule has 15 heavy (non-hydrogen) atoms. The highest BCUT2D eigenvalue weighted by molar-refractivity contribution is 5.75. The summed E-state index contributed by atoms with van der Waals surface area (Å²) >= 11 is 0. The summed E-state index contributed by atoms with van der Waals surface area (Å²) in [5, 5.41) is 0. The van der Waals surface area contributed by atoms with Gasteiger partial charge in [0.2, 0.25) is 0 Å². The number of nitrogen functional groups attached to an aromatic ring is 1. The molecule has 0 saturated heterocycles. The van der Waals surface area contributed by atoms with Gasteiger partial charge in [0.1, 0.15) is 0 Å². The van der Waals surface area contributed by atoms with Gasteiger partial charge in [0.25, 0.3) is 0 Å². The molecule has 0 bridgehead atoms. The Morgan fingerprint density at radius 1 is 1.00 bits per heavy atom. The number of aromatic nitrogens is 1. The maximum absolute atomic E-state index is 5.82. The van der Waals surface area contributed by atoms with Crippen LogP contribution in [0.15, 0.2) is 48.8 Å². The summed E-state index contributed by atoms with van der Waals surface area (Å²) in [5.74, 6) is 0. The lowest BCUT2D eigenvalue weighted by Gasteiger charge is -1.98. The van der Waals surface area contributed by atoms with Crippen LogP contribution in [0.5, 0.6) is 0 Å². The highest BCUT2D eigenvalue weighted by atomic mass is 14.6. The Bertz CT molecular complexity index is 461. The van der Waals surface area contributed by atoms with E-state index in [2.05, 4.69) is 4.98 Å². The summed E-state index contributed by atoms with van der Waals surface area (Å²) in [4.78, 5) is 4.04. The van der Waals surface area contributed by atoms with E-state index in [0.717, 1.165) is 16.8 Å². The summed E-state index contributed by atoms with van der Waals surface area (Å²) in [7, 11) is 0. The monoisotopic (exact) mass is 196 g/mol. The zero-order valence-electron chi connectivity index (χ0n) is 8.30. The third-order valence-electron chi connectivity index (χ3n) is 2.14. The van der Waals surface area contributed by atoms with Crippen molar-refractivity contribution in [3.05, 3.63) is 59.9 Å². The first-order valence-electron chi connectivity index (χ1n) is 4.79. The first kappa shape index (κ1) is 9.46. The van der Waals surface area contributed by atoms with Crippen molar-refractivity contribution < 1.29 is 0 Å². The fraction of sp³-hybridized carbons (Fsp3) is 0. The van der Waals surface area contributed by atoms with E-state index in [1.54, 1.807) is 6.20 Å². The zero-order valence-corrected chi connectivity index (χ0v) is 8.30. The maximum Gasteiger partial charge on any atom is 0.0387 e. The van der Waals surface area contributed by atoms with Crippen LogP contribution in [0.3, 0.4) is 0 Å². The van der Waals surface area contributed by atoms with Gasteiger partial charge in [-0.1, -0.05) is 36.4 Å². The number of benzene rings is 1. The molecular formula is C13H12N2. The first-order chi connectivity index (χ1) is 7.36. The molecule has 0 atom stereocenters. The Hall–Kier alpha value is -2.09. The Balaban J connectivity index is 2.23. The van der Waals surface area contributed by atoms with Crippen molar-refractivity contribution in [2.24, 2.45) is 0 Å². The van der Waals surface area contributed by atoms with Crippen LogP contribution in [0.25, 0.3) is 12.2 Å². The molecule has 0 radical (unpaired) electrons. The lowest BCUT2D eigenvalue weighted by Crippen LogP contribution is -1.87. The maximum atomic E-state index is 5.82. The normalized spacial score (nSPS) is 10.7. The number of anilines is 1. The van der Waals surface area contributed by atoms with Gasteiger partial charge in [-0.25, -0.2) is 0 Å². The van der Waals surface area contributed by atoms with Gasteiger partial charge in [0.15, 0.2) is 0 Å². The van der Waals surface area contributed by atoms with Gasteiger partial charge in [0, 0.05) is 18.1 Å². The fourth-order valence-corrected chi connectivity index (χ4v) is 1.32. The molecule has 0 spiro atoms. The molecule has 2 N–H and O–H groups in total. The molecule has 0 aliphatic carbocycles. The number of nitrogens with zero attached hydrogens (tertiary/aromatic N) is 1. The standard InChI is InChI=1S/C13H12N2/c14-13-6-2-1-5-12(13)8-7-11-4-3-9-15-10-11/h1-10H,14H2/b8-7-. The van der Waals surface area contributed by atoms with Crippen LogP contribution in [0.1, 0.15) is 11.1 Å². The van der Waals surface area contributed by atoms with Crippen molar-refractivity contribution in [1.29, 1.82) is 0 Å². The van der Waals surface area contributed by atoms with Crippen molar-refractivity contribution in [3.63, 3.8) is 0 Å². The Labute approximate surface area is 89.1 Å². The predicted molar refractivity (Wildman–Crippen MR) is 64.0 cm³/mol. The van der Waals surface area contributed by atoms with E-state index in [1.807, 2.05) is 54.7 Å². The number of hydrogen-bond acceptors (Lipinski definition) is 2. The van der Waals surface area contributed by atoms with E-state index in [-0.39, 0.29) is 0 Å². The Kier molecular flexibility index (Phi) is 2.79. The zero-order chi connectivity index (χ0) is 10.5. The second-order valence-electron chi connectivity index (χ2n) is 3.25. The molecule has 0 unspecified atom stereocenters. The Morgan fingerprint density at radius 3 is 2.60 bits per heavy atom. The molecule has 2 heteroatoms. The van der Waals surface area contributed by atoms with Gasteiger partial charge in [0.05, 0.1) is 0 Å². The summed E-state index contributed by atoms with van der Waals surface area (Å²) in [5.41, 5.74) is 8.71. The van der Waals surface area contributed by atoms with Gasteiger partial charge in [-0.05, 0) is 23.3 Å². The number of hydrogen-bond donors (Lipinski definition) is 1. The second kappa shape index (κ2) is 4.42. The smallest absolute Gasteiger partial charge is 0.0387 e. The topological polar surface area (TPSA) is 38.9 Å². The van der Waals surface area contributed by atoms with E-state index >= 15 is 0 Å². The van der Waals surface area contributed by atoms with E-state index in [9.17, 15) is 0 Å². The van der Waals surface area contributed by atoms with Gasteiger partial charge in [-0.3, -0.25) is 4.98 Å². The highest BCUT2D eigenvalue weighted by Crippen LogP contribution is 2.13. The molecule has 2 rings (SSSR count). The van der Waals surface area contributed by atoms with Gasteiger partial charge in [-0.15, -0.1) is 0 Å². The Morgan fingerprint density at radius 2 is 1.87 bits per heavy atom. The van der Waals surface area contributed by atoms with Crippen molar-refractivity contribution in [2.75, 3.05) is 5.73 Å². The summed E-state index contributed by atoms with van der Waals surface area (Å²) in [6.45, 7) is 0. The van der Waals surface area contributed by atoms with Crippen molar-refractivity contribution >= 4 is 17.8 Å². The fourth-order valence-electron chi connectivity index (χ4n) is 1.32. The van der Waals surface area contributed by atoms with E-state index in [0.29, 0.717) is 0 Å².